The predicted octanol–water partition coefficient (Wildman–Crippen LogP) is 9.72. The molecule has 9 rings (SSSR count). The van der Waals surface area contributed by atoms with E-state index in [0.29, 0.717) is 23.0 Å². The first-order valence-corrected chi connectivity index (χ1v) is 18.2. The second-order valence-electron chi connectivity index (χ2n) is 13.2. The summed E-state index contributed by atoms with van der Waals surface area (Å²) in [6.45, 7) is 0. The fourth-order valence-corrected chi connectivity index (χ4v) is 7.60. The lowest BCUT2D eigenvalue weighted by molar-refractivity contribution is 0.413. The molecule has 272 valence electrons. The molecule has 8 heteroatoms. The highest BCUT2D eigenvalue weighted by Gasteiger charge is 2.30. The molecule has 56 heavy (non-hydrogen) atoms. The number of benzene rings is 4. The average Bonchev–Trinajstić information content (AvgIpc) is 4.10. The molecule has 5 aliphatic rings. The van der Waals surface area contributed by atoms with Crippen molar-refractivity contribution in [2.24, 2.45) is 20.0 Å². The fourth-order valence-electron chi connectivity index (χ4n) is 7.60. The Labute approximate surface area is 325 Å². The normalized spacial score (nSPS) is 16.8. The lowest BCUT2D eigenvalue weighted by atomic mass is 9.97. The van der Waals surface area contributed by atoms with Crippen LogP contribution in [0, 0.1) is 0 Å². The number of rotatable bonds is 8. The van der Waals surface area contributed by atoms with Gasteiger partial charge in [-0.05, 0) is 72.9 Å². The summed E-state index contributed by atoms with van der Waals surface area (Å²) in [5.41, 5.74) is 12.6. The Morgan fingerprint density at radius 1 is 0.286 bits per heavy atom. The van der Waals surface area contributed by atoms with Crippen molar-refractivity contribution in [2.45, 2.75) is 0 Å². The molecule has 8 bridgehead atoms. The molecule has 0 amide bonds. The number of aliphatic imine (C=N–C) groups is 4. The van der Waals surface area contributed by atoms with Gasteiger partial charge in [-0.25, -0.2) is 20.0 Å². The Morgan fingerprint density at radius 2 is 0.500 bits per heavy atom. The zero-order valence-corrected chi connectivity index (χ0v) is 31.3. The van der Waals surface area contributed by atoms with Crippen LogP contribution in [0.15, 0.2) is 188 Å². The molecule has 5 aliphatic heterocycles. The average molecular weight is 733 g/mol. The van der Waals surface area contributed by atoms with Gasteiger partial charge in [0.05, 0.1) is 74.1 Å². The summed E-state index contributed by atoms with van der Waals surface area (Å²) >= 11 is 0. The number of methoxy groups -OCH3 is 4. The highest BCUT2D eigenvalue weighted by atomic mass is 16.5. The Balaban J connectivity index is 1.41. The summed E-state index contributed by atoms with van der Waals surface area (Å²) in [6, 6.07) is 31.8. The minimum absolute atomic E-state index is 0.706. The molecule has 0 N–H and O–H groups in total. The van der Waals surface area contributed by atoms with Crippen LogP contribution in [-0.4, -0.2) is 51.3 Å². The van der Waals surface area contributed by atoms with Crippen LogP contribution in [0.1, 0.15) is 22.3 Å². The maximum absolute atomic E-state index is 5.93. The first-order chi connectivity index (χ1) is 27.6. The third-order valence-corrected chi connectivity index (χ3v) is 10.1. The quantitative estimate of drug-likeness (QED) is 0.181. The minimum atomic E-state index is 0.706. The van der Waals surface area contributed by atoms with Crippen molar-refractivity contribution < 1.29 is 18.9 Å². The standard InChI is InChI=1S/C48H36N4O4/c1-53-41-17-9-5-13-29(41)45-33-21-23-35(49-33)46(30-14-6-10-18-42(30)54-2)37-25-27-39(51-37)48(32-16-8-12-20-44(32)56-4)40-28-26-38(52-40)47(36-24-22-34(45)50-36)31-15-7-11-19-43(31)55-3/h5-28H,1-4H3. The zero-order chi connectivity index (χ0) is 38.2. The molecular weight excluding hydrogens is 697 g/mol. The van der Waals surface area contributed by atoms with Gasteiger partial charge in [-0.1, -0.05) is 72.8 Å². The maximum Gasteiger partial charge on any atom is 0.126 e. The van der Waals surface area contributed by atoms with Crippen molar-refractivity contribution in [3.8, 4) is 23.0 Å². The summed E-state index contributed by atoms with van der Waals surface area (Å²) in [6.07, 6.45) is 16.3. The molecule has 0 saturated heterocycles. The van der Waals surface area contributed by atoms with Gasteiger partial charge in [0.15, 0.2) is 0 Å². The van der Waals surface area contributed by atoms with Gasteiger partial charge in [0.1, 0.15) is 23.0 Å². The molecule has 4 aromatic rings. The number of nitrogens with zero attached hydrogens (tertiary/aromatic N) is 4. The first kappa shape index (κ1) is 34.4. The van der Waals surface area contributed by atoms with Crippen molar-refractivity contribution in [3.63, 3.8) is 0 Å². The third kappa shape index (κ3) is 5.88. The number of hydrogen-bond donors (Lipinski definition) is 0. The maximum atomic E-state index is 5.93. The van der Waals surface area contributed by atoms with E-state index in [0.717, 1.165) is 90.2 Å². The van der Waals surface area contributed by atoms with Gasteiger partial charge >= 0.3 is 0 Å². The highest BCUT2D eigenvalue weighted by molar-refractivity contribution is 6.40. The summed E-state index contributed by atoms with van der Waals surface area (Å²) in [4.78, 5) is 21.5. The van der Waals surface area contributed by atoms with Crippen LogP contribution in [0.3, 0.4) is 0 Å². The molecule has 0 spiro atoms. The van der Waals surface area contributed by atoms with Crippen LogP contribution in [0.2, 0.25) is 0 Å². The van der Waals surface area contributed by atoms with Gasteiger partial charge in [0.25, 0.3) is 0 Å². The Morgan fingerprint density at radius 3 is 0.714 bits per heavy atom. The van der Waals surface area contributed by atoms with Gasteiger partial charge in [-0.3, -0.25) is 0 Å². The van der Waals surface area contributed by atoms with E-state index in [4.69, 9.17) is 38.9 Å². The van der Waals surface area contributed by atoms with E-state index in [1.54, 1.807) is 28.4 Å². The number of ether oxygens (including phenoxy) is 4. The van der Waals surface area contributed by atoms with Gasteiger partial charge in [-0.2, -0.15) is 0 Å². The van der Waals surface area contributed by atoms with E-state index >= 15 is 0 Å². The van der Waals surface area contributed by atoms with Gasteiger partial charge < -0.3 is 18.9 Å². The van der Waals surface area contributed by atoms with Crippen LogP contribution in [-0.2, 0) is 0 Å². The zero-order valence-electron chi connectivity index (χ0n) is 31.3. The molecule has 8 nitrogen and oxygen atoms in total. The third-order valence-electron chi connectivity index (χ3n) is 10.1. The molecule has 0 fully saturated rings. The van der Waals surface area contributed by atoms with Crippen LogP contribution in [0.4, 0.5) is 0 Å². The van der Waals surface area contributed by atoms with E-state index in [-0.39, 0.29) is 0 Å². The van der Waals surface area contributed by atoms with Crippen molar-refractivity contribution in [3.05, 3.63) is 191 Å². The fraction of sp³-hybridized carbons (Fsp3) is 0.0833. The lowest BCUT2D eigenvalue weighted by Crippen LogP contribution is -2.05. The summed E-state index contributed by atoms with van der Waals surface area (Å²) in [7, 11) is 6.71. The topological polar surface area (TPSA) is 86.4 Å². The van der Waals surface area contributed by atoms with Crippen LogP contribution in [0.25, 0.3) is 22.3 Å². The second-order valence-corrected chi connectivity index (χ2v) is 13.2. The second kappa shape index (κ2) is 14.5. The highest BCUT2D eigenvalue weighted by Crippen LogP contribution is 2.42. The van der Waals surface area contributed by atoms with Crippen molar-refractivity contribution in [1.29, 1.82) is 0 Å². The molecule has 0 unspecified atom stereocenters. The number of fused-ring (bicyclic) bond motifs is 4. The largest absolute Gasteiger partial charge is 0.496 e. The minimum Gasteiger partial charge on any atom is -0.496 e. The Kier molecular flexibility index (Phi) is 8.91. The van der Waals surface area contributed by atoms with Gasteiger partial charge in [0, 0.05) is 44.5 Å². The van der Waals surface area contributed by atoms with E-state index in [9.17, 15) is 0 Å². The molecule has 0 atom stereocenters. The van der Waals surface area contributed by atoms with Gasteiger partial charge in [-0.15, -0.1) is 0 Å². The van der Waals surface area contributed by atoms with Crippen molar-refractivity contribution >= 4 is 45.1 Å². The number of para-hydroxylation sites is 4. The smallest absolute Gasteiger partial charge is 0.126 e. The number of hydrogen-bond acceptors (Lipinski definition) is 8. The summed E-state index contributed by atoms with van der Waals surface area (Å²) < 4.78 is 23.7. The Bertz CT molecular complexity index is 2350. The first-order valence-electron chi connectivity index (χ1n) is 18.2. The predicted molar refractivity (Wildman–Crippen MR) is 226 cm³/mol. The molecule has 0 aliphatic carbocycles. The van der Waals surface area contributed by atoms with E-state index in [1.807, 2.05) is 146 Å². The van der Waals surface area contributed by atoms with Crippen molar-refractivity contribution in [2.75, 3.05) is 28.4 Å². The molecule has 5 heterocycles. The summed E-state index contributed by atoms with van der Waals surface area (Å²) in [5.74, 6) is 2.83. The Hall–Kier alpha value is -7.32. The molecule has 0 aromatic heterocycles. The molecular formula is C48H36N4O4. The van der Waals surface area contributed by atoms with Crippen LogP contribution >= 0.6 is 0 Å². The lowest BCUT2D eigenvalue weighted by Gasteiger charge is -2.16. The van der Waals surface area contributed by atoms with E-state index < -0.39 is 0 Å². The van der Waals surface area contributed by atoms with Crippen LogP contribution in [0.5, 0.6) is 23.0 Å². The molecule has 0 saturated carbocycles. The SMILES string of the molecule is COc1ccccc1C1=C2C=CC(=N2)C(c2ccccc2OC)=C2C=CC(=N2)C(c2ccccc2OC)=C2C=CC(=N2)C(c2ccccc2OC)=C2C=CC1=N2. The van der Waals surface area contributed by atoms with E-state index in [1.165, 1.54) is 0 Å². The van der Waals surface area contributed by atoms with Crippen LogP contribution < -0.4 is 18.9 Å². The van der Waals surface area contributed by atoms with Crippen molar-refractivity contribution in [1.82, 2.24) is 0 Å². The summed E-state index contributed by atoms with van der Waals surface area (Å²) in [5, 5.41) is 0. The number of allylic oxidation sites excluding steroid dienone is 12. The van der Waals surface area contributed by atoms with E-state index in [2.05, 4.69) is 0 Å². The van der Waals surface area contributed by atoms with Gasteiger partial charge in [0.2, 0.25) is 0 Å². The molecule has 0 radical (unpaired) electrons. The molecule has 4 aromatic carbocycles. The monoisotopic (exact) mass is 732 g/mol.